The van der Waals surface area contributed by atoms with Crippen LogP contribution < -0.4 is 0 Å². The van der Waals surface area contributed by atoms with Gasteiger partial charge in [0.2, 0.25) is 5.91 Å². The second-order valence-corrected chi connectivity index (χ2v) is 11.1. The topological polar surface area (TPSA) is 164 Å². The van der Waals surface area contributed by atoms with Gasteiger partial charge in [-0.3, -0.25) is 19.6 Å². The zero-order chi connectivity index (χ0) is 37.1. The Morgan fingerprint density at radius 3 is 1.71 bits per heavy atom. The fraction of sp³-hybridized carbons (Fsp3) is 0.538. The molecule has 0 radical (unpaired) electrons. The van der Waals surface area contributed by atoms with Crippen molar-refractivity contribution in [3.05, 3.63) is 46.2 Å². The van der Waals surface area contributed by atoms with Crippen LogP contribution in [0.2, 0.25) is 0 Å². The molecule has 2 aromatic rings. The van der Waals surface area contributed by atoms with Crippen molar-refractivity contribution in [1.29, 1.82) is 0 Å². The summed E-state index contributed by atoms with van der Waals surface area (Å²) < 4.78 is 95.2. The van der Waals surface area contributed by atoms with E-state index in [0.717, 1.165) is 56.3 Å². The Hall–Kier alpha value is -4.05. The number of carboxylic acids is 3. The van der Waals surface area contributed by atoms with Crippen molar-refractivity contribution in [2.45, 2.75) is 56.9 Å². The highest BCUT2D eigenvalue weighted by Gasteiger charge is 2.49. The van der Waals surface area contributed by atoms with Crippen molar-refractivity contribution in [2.24, 2.45) is 0 Å². The molecule has 0 atom stereocenters. The van der Waals surface area contributed by atoms with Gasteiger partial charge < -0.3 is 20.2 Å². The minimum Gasteiger partial charge on any atom is -0.475 e. The van der Waals surface area contributed by atoms with Gasteiger partial charge >= 0.3 is 36.4 Å². The molecule has 2 fully saturated rings. The maximum absolute atomic E-state index is 13.4. The molecule has 270 valence electrons. The summed E-state index contributed by atoms with van der Waals surface area (Å²) in [5, 5.41) is 24.5. The van der Waals surface area contributed by atoms with E-state index in [4.69, 9.17) is 29.7 Å². The summed E-state index contributed by atoms with van der Waals surface area (Å²) in [5.41, 5.74) is 1.89. The molecule has 0 aliphatic carbocycles. The number of piperidine rings is 1. The van der Waals surface area contributed by atoms with Gasteiger partial charge in [0, 0.05) is 50.5 Å². The third-order valence-corrected chi connectivity index (χ3v) is 7.50. The second kappa shape index (κ2) is 17.4. The van der Waals surface area contributed by atoms with E-state index in [2.05, 4.69) is 38.3 Å². The SMILES string of the molecule is Cc1nc(CN2CCN(C)C3(CCN(Cc4cccnc4)CC3)C2=O)cs1.O=C(O)C(F)(F)F.O=C(O)C(F)(F)F.O=C(O)C(F)(F)F. The standard InChI is InChI=1S/C20H27N5OS.3C2HF3O2/c1-16-22-18(15-27-16)14-25-11-10-23(2)20(19(25)26)5-8-24(9-6-20)13-17-4-3-7-21-12-17;3*3-2(4,5)1(6)7/h3-4,7,12,15H,5-6,8-11,13-14H2,1-2H3;3*(H,6,7). The van der Waals surface area contributed by atoms with Gasteiger partial charge in [-0.15, -0.1) is 11.3 Å². The lowest BCUT2D eigenvalue weighted by Crippen LogP contribution is -2.67. The molecule has 48 heavy (non-hydrogen) atoms. The number of nitrogens with zero attached hydrogens (tertiary/aromatic N) is 5. The number of amides is 1. The Bertz CT molecular complexity index is 1310. The van der Waals surface area contributed by atoms with E-state index in [1.807, 2.05) is 30.3 Å². The van der Waals surface area contributed by atoms with Crippen molar-refractivity contribution in [1.82, 2.24) is 24.7 Å². The number of rotatable bonds is 4. The molecule has 0 unspecified atom stereocenters. The molecule has 1 spiro atoms. The summed E-state index contributed by atoms with van der Waals surface area (Å²) in [7, 11) is 2.11. The number of alkyl halides is 9. The van der Waals surface area contributed by atoms with Crippen LogP contribution in [0.15, 0.2) is 29.9 Å². The van der Waals surface area contributed by atoms with Gasteiger partial charge in [0.1, 0.15) is 5.54 Å². The van der Waals surface area contributed by atoms with Crippen molar-refractivity contribution < 1.29 is 74.0 Å². The van der Waals surface area contributed by atoms with Crippen molar-refractivity contribution in [3.63, 3.8) is 0 Å². The number of hydrogen-bond acceptors (Lipinski definition) is 9. The molecule has 0 saturated carbocycles. The minimum absolute atomic E-state index is 0.280. The van der Waals surface area contributed by atoms with Crippen molar-refractivity contribution in [3.8, 4) is 0 Å². The molecule has 2 aromatic heterocycles. The molecule has 0 aromatic carbocycles. The first-order valence-electron chi connectivity index (χ1n) is 13.3. The van der Waals surface area contributed by atoms with E-state index in [1.165, 1.54) is 5.56 Å². The van der Waals surface area contributed by atoms with Gasteiger partial charge in [0.15, 0.2) is 0 Å². The Morgan fingerprint density at radius 2 is 1.33 bits per heavy atom. The third kappa shape index (κ3) is 13.6. The van der Waals surface area contributed by atoms with Gasteiger partial charge in [-0.1, -0.05) is 6.07 Å². The molecule has 3 N–H and O–H groups in total. The minimum atomic E-state index is -5.08. The largest absolute Gasteiger partial charge is 0.490 e. The Labute approximate surface area is 270 Å². The average molecular weight is 728 g/mol. The molecule has 4 rings (SSSR count). The van der Waals surface area contributed by atoms with Gasteiger partial charge in [-0.05, 0) is 38.4 Å². The number of piperazine rings is 1. The predicted octanol–water partition coefficient (Wildman–Crippen LogP) is 4.06. The van der Waals surface area contributed by atoms with E-state index in [0.29, 0.717) is 6.54 Å². The number of likely N-dealkylation sites (tertiary alicyclic amines) is 1. The van der Waals surface area contributed by atoms with Crippen LogP contribution >= 0.6 is 11.3 Å². The van der Waals surface area contributed by atoms with Crippen LogP contribution in [0.3, 0.4) is 0 Å². The van der Waals surface area contributed by atoms with E-state index < -0.39 is 36.4 Å². The number of likely N-dealkylation sites (N-methyl/N-ethyl adjacent to an activating group) is 1. The van der Waals surface area contributed by atoms with Gasteiger partial charge in [0.05, 0.1) is 17.2 Å². The third-order valence-electron chi connectivity index (χ3n) is 6.68. The number of pyridine rings is 1. The zero-order valence-corrected chi connectivity index (χ0v) is 25.9. The highest BCUT2D eigenvalue weighted by atomic mass is 32.1. The fourth-order valence-electron chi connectivity index (χ4n) is 4.30. The number of aliphatic carboxylic acids is 3. The molecular formula is C26H30F9N5O7S. The lowest BCUT2D eigenvalue weighted by atomic mass is 9.82. The zero-order valence-electron chi connectivity index (χ0n) is 25.1. The van der Waals surface area contributed by atoms with Crippen molar-refractivity contribution >= 4 is 35.2 Å². The lowest BCUT2D eigenvalue weighted by Gasteiger charge is -2.51. The number of aromatic nitrogens is 2. The van der Waals surface area contributed by atoms with Crippen LogP contribution in [0.5, 0.6) is 0 Å². The summed E-state index contributed by atoms with van der Waals surface area (Å²) >= 11 is 1.65. The molecular weight excluding hydrogens is 697 g/mol. The van der Waals surface area contributed by atoms with Crippen molar-refractivity contribution in [2.75, 3.05) is 33.2 Å². The van der Waals surface area contributed by atoms with Gasteiger partial charge in [-0.25, -0.2) is 19.4 Å². The number of halogens is 9. The fourth-order valence-corrected chi connectivity index (χ4v) is 4.90. The second-order valence-electron chi connectivity index (χ2n) is 10.1. The Balaban J connectivity index is 0.000000448. The van der Waals surface area contributed by atoms with E-state index >= 15 is 0 Å². The maximum atomic E-state index is 13.4. The maximum Gasteiger partial charge on any atom is 0.490 e. The summed E-state index contributed by atoms with van der Waals surface area (Å²) in [6.45, 7) is 7.15. The number of hydrogen-bond donors (Lipinski definition) is 3. The number of aryl methyl sites for hydroxylation is 1. The molecule has 4 heterocycles. The van der Waals surface area contributed by atoms with Crippen LogP contribution in [0, 0.1) is 6.92 Å². The molecule has 2 aliphatic heterocycles. The van der Waals surface area contributed by atoms with E-state index in [-0.39, 0.29) is 11.4 Å². The number of carbonyl (C=O) groups is 4. The van der Waals surface area contributed by atoms with E-state index in [1.54, 1.807) is 11.3 Å². The van der Waals surface area contributed by atoms with Crippen LogP contribution in [0.4, 0.5) is 39.5 Å². The average Bonchev–Trinajstić information content (AvgIpc) is 3.39. The lowest BCUT2D eigenvalue weighted by molar-refractivity contribution is -0.193. The van der Waals surface area contributed by atoms with Gasteiger partial charge in [-0.2, -0.15) is 39.5 Å². The molecule has 12 nitrogen and oxygen atoms in total. The van der Waals surface area contributed by atoms with Crippen LogP contribution in [-0.2, 0) is 32.3 Å². The van der Waals surface area contributed by atoms with Crippen LogP contribution in [0.1, 0.15) is 29.1 Å². The summed E-state index contributed by atoms with van der Waals surface area (Å²) in [4.78, 5) is 55.6. The Morgan fingerprint density at radius 1 is 0.854 bits per heavy atom. The Kier molecular flexibility index (Phi) is 15.2. The number of carbonyl (C=O) groups excluding carboxylic acids is 1. The van der Waals surface area contributed by atoms with E-state index in [9.17, 15) is 44.3 Å². The first-order chi connectivity index (χ1) is 21.9. The summed E-state index contributed by atoms with van der Waals surface area (Å²) in [6.07, 6.45) is -9.74. The van der Waals surface area contributed by atoms with Crippen LogP contribution in [0.25, 0.3) is 0 Å². The predicted molar refractivity (Wildman–Crippen MR) is 147 cm³/mol. The molecule has 0 bridgehead atoms. The van der Waals surface area contributed by atoms with Crippen LogP contribution in [-0.4, -0.2) is 121 Å². The number of carboxylic acid groups (broad SMARTS) is 3. The van der Waals surface area contributed by atoms with Gasteiger partial charge in [0.25, 0.3) is 0 Å². The molecule has 1 amide bonds. The first-order valence-corrected chi connectivity index (χ1v) is 14.2. The molecule has 2 aliphatic rings. The number of thiazole rings is 1. The summed E-state index contributed by atoms with van der Waals surface area (Å²) in [6, 6.07) is 4.10. The smallest absolute Gasteiger partial charge is 0.475 e. The summed E-state index contributed by atoms with van der Waals surface area (Å²) in [5.74, 6) is -7.99. The normalized spacial score (nSPS) is 16.8. The monoisotopic (exact) mass is 727 g/mol. The molecule has 2 saturated heterocycles. The quantitative estimate of drug-likeness (QED) is 0.390. The first kappa shape index (κ1) is 42.0. The molecule has 22 heteroatoms. The highest BCUT2D eigenvalue weighted by Crippen LogP contribution is 2.34. The highest BCUT2D eigenvalue weighted by molar-refractivity contribution is 7.09.